The second-order valence-corrected chi connectivity index (χ2v) is 6.72. The third kappa shape index (κ3) is 4.58. The van der Waals surface area contributed by atoms with Crippen LogP contribution in [-0.4, -0.2) is 34.8 Å². The molecule has 1 amide bonds. The molecule has 0 bridgehead atoms. The van der Waals surface area contributed by atoms with Gasteiger partial charge in [-0.25, -0.2) is 4.79 Å². The Morgan fingerprint density at radius 2 is 1.89 bits per heavy atom. The lowest BCUT2D eigenvalue weighted by atomic mass is 10.1. The molecule has 28 heavy (non-hydrogen) atoms. The van der Waals surface area contributed by atoms with Crippen molar-refractivity contribution in [1.82, 2.24) is 15.1 Å². The fourth-order valence-electron chi connectivity index (χ4n) is 2.89. The monoisotopic (exact) mass is 397 g/mol. The number of carbonyl (C=O) groups excluding carboxylic acids is 2. The van der Waals surface area contributed by atoms with Gasteiger partial charge in [0.25, 0.3) is 5.91 Å². The highest BCUT2D eigenvalue weighted by Gasteiger charge is 2.24. The van der Waals surface area contributed by atoms with Gasteiger partial charge in [-0.2, -0.15) is 5.10 Å². The molecule has 3 aromatic rings. The Morgan fingerprint density at radius 1 is 1.14 bits per heavy atom. The molecule has 0 aliphatic rings. The topological polar surface area (TPSA) is 73.2 Å². The minimum absolute atomic E-state index is 0.331. The van der Waals surface area contributed by atoms with Crippen molar-refractivity contribution in [3.63, 3.8) is 0 Å². The van der Waals surface area contributed by atoms with Crippen molar-refractivity contribution < 1.29 is 14.3 Å². The van der Waals surface area contributed by atoms with Crippen LogP contribution in [0.25, 0.3) is 11.3 Å². The van der Waals surface area contributed by atoms with E-state index < -0.39 is 17.9 Å². The first-order chi connectivity index (χ1) is 13.5. The Bertz CT molecular complexity index is 986. The summed E-state index contributed by atoms with van der Waals surface area (Å²) in [6.45, 7) is 0. The van der Waals surface area contributed by atoms with E-state index in [2.05, 4.69) is 10.4 Å². The first-order valence-electron chi connectivity index (χ1n) is 8.70. The summed E-state index contributed by atoms with van der Waals surface area (Å²) in [7, 11) is 2.97. The largest absolute Gasteiger partial charge is 0.467 e. The molecular formula is C21H20ClN3O3. The summed E-state index contributed by atoms with van der Waals surface area (Å²) in [6.07, 6.45) is 0.332. The fraction of sp³-hybridized carbons (Fsp3) is 0.190. The predicted octanol–water partition coefficient (Wildman–Crippen LogP) is 3.25. The number of aryl methyl sites for hydroxylation is 1. The fourth-order valence-corrected chi connectivity index (χ4v) is 3.08. The quantitative estimate of drug-likeness (QED) is 0.648. The summed E-state index contributed by atoms with van der Waals surface area (Å²) >= 11 is 6.04. The van der Waals surface area contributed by atoms with Gasteiger partial charge in [0.2, 0.25) is 0 Å². The van der Waals surface area contributed by atoms with Crippen LogP contribution in [-0.2, 0) is 23.0 Å². The minimum Gasteiger partial charge on any atom is -0.467 e. The Kier molecular flexibility index (Phi) is 6.11. The number of nitrogens with one attached hydrogen (secondary N) is 1. The van der Waals surface area contributed by atoms with Crippen LogP contribution in [0.4, 0.5) is 0 Å². The van der Waals surface area contributed by atoms with Gasteiger partial charge in [0.05, 0.1) is 12.8 Å². The molecular weight excluding hydrogens is 378 g/mol. The minimum atomic E-state index is -0.801. The third-order valence-electron chi connectivity index (χ3n) is 4.31. The maximum atomic E-state index is 12.8. The van der Waals surface area contributed by atoms with Crippen molar-refractivity contribution in [3.05, 3.63) is 76.9 Å². The lowest BCUT2D eigenvalue weighted by Gasteiger charge is -2.16. The summed E-state index contributed by atoms with van der Waals surface area (Å²) in [5, 5.41) is 7.72. The van der Waals surface area contributed by atoms with Gasteiger partial charge in [-0.1, -0.05) is 54.1 Å². The van der Waals surface area contributed by atoms with E-state index in [1.165, 1.54) is 11.8 Å². The van der Waals surface area contributed by atoms with Gasteiger partial charge >= 0.3 is 5.97 Å². The van der Waals surface area contributed by atoms with E-state index >= 15 is 0 Å². The van der Waals surface area contributed by atoms with E-state index in [-0.39, 0.29) is 0 Å². The maximum absolute atomic E-state index is 12.8. The van der Waals surface area contributed by atoms with Crippen molar-refractivity contribution in [2.75, 3.05) is 7.11 Å². The molecule has 0 unspecified atom stereocenters. The Balaban J connectivity index is 1.81. The van der Waals surface area contributed by atoms with E-state index in [1.54, 1.807) is 25.2 Å². The first-order valence-corrected chi connectivity index (χ1v) is 9.08. The number of hydrogen-bond acceptors (Lipinski definition) is 4. The van der Waals surface area contributed by atoms with Crippen molar-refractivity contribution >= 4 is 23.5 Å². The molecule has 0 radical (unpaired) electrons. The zero-order chi connectivity index (χ0) is 20.1. The van der Waals surface area contributed by atoms with Crippen LogP contribution in [0, 0.1) is 0 Å². The van der Waals surface area contributed by atoms with Gasteiger partial charge in [0, 0.05) is 24.1 Å². The zero-order valence-corrected chi connectivity index (χ0v) is 16.3. The number of nitrogens with zero attached hydrogens (tertiary/aromatic N) is 2. The average molecular weight is 398 g/mol. The second kappa shape index (κ2) is 8.71. The molecule has 1 aromatic heterocycles. The lowest BCUT2D eigenvalue weighted by molar-refractivity contribution is -0.142. The SMILES string of the molecule is COC(=O)[C@H](Cc1ccccc1)NC(=O)c1cc(-c2cccc(Cl)c2)nn1C. The van der Waals surface area contributed by atoms with Gasteiger partial charge in [-0.15, -0.1) is 0 Å². The van der Waals surface area contributed by atoms with Crippen molar-refractivity contribution in [2.24, 2.45) is 7.05 Å². The summed E-state index contributed by atoms with van der Waals surface area (Å²) in [5.74, 6) is -0.913. The molecule has 0 aliphatic heterocycles. The Labute approximate surface area is 168 Å². The molecule has 3 rings (SSSR count). The van der Waals surface area contributed by atoms with Crippen LogP contribution in [0.1, 0.15) is 16.1 Å². The maximum Gasteiger partial charge on any atom is 0.328 e. The number of ether oxygens (including phenoxy) is 1. The molecule has 0 aliphatic carbocycles. The normalized spacial score (nSPS) is 11.7. The molecule has 7 heteroatoms. The van der Waals surface area contributed by atoms with E-state index in [0.717, 1.165) is 11.1 Å². The molecule has 1 atom stereocenters. The van der Waals surface area contributed by atoms with Crippen molar-refractivity contribution in [1.29, 1.82) is 0 Å². The summed E-state index contributed by atoms with van der Waals surface area (Å²) in [6, 6.07) is 17.5. The van der Waals surface area contributed by atoms with Crippen LogP contribution in [0.5, 0.6) is 0 Å². The van der Waals surface area contributed by atoms with Crippen LogP contribution in [0.2, 0.25) is 5.02 Å². The smallest absolute Gasteiger partial charge is 0.328 e. The highest BCUT2D eigenvalue weighted by atomic mass is 35.5. The Hall–Kier alpha value is -3.12. The highest BCUT2D eigenvalue weighted by Crippen LogP contribution is 2.22. The van der Waals surface area contributed by atoms with Gasteiger partial charge < -0.3 is 10.1 Å². The summed E-state index contributed by atoms with van der Waals surface area (Å²) < 4.78 is 6.32. The summed E-state index contributed by atoms with van der Waals surface area (Å²) in [4.78, 5) is 25.0. The Morgan fingerprint density at radius 3 is 2.57 bits per heavy atom. The van der Waals surface area contributed by atoms with Gasteiger partial charge in [0.1, 0.15) is 11.7 Å². The molecule has 6 nitrogen and oxygen atoms in total. The van der Waals surface area contributed by atoms with Gasteiger partial charge in [-0.3, -0.25) is 9.48 Å². The zero-order valence-electron chi connectivity index (χ0n) is 15.6. The number of hydrogen-bond donors (Lipinski definition) is 1. The number of aromatic nitrogens is 2. The average Bonchev–Trinajstić information content (AvgIpc) is 3.09. The van der Waals surface area contributed by atoms with Crippen molar-refractivity contribution in [3.8, 4) is 11.3 Å². The second-order valence-electron chi connectivity index (χ2n) is 6.29. The molecule has 0 spiro atoms. The molecule has 2 aromatic carbocycles. The number of benzene rings is 2. The number of halogens is 1. The molecule has 1 heterocycles. The number of rotatable bonds is 6. The molecule has 0 saturated carbocycles. The lowest BCUT2D eigenvalue weighted by Crippen LogP contribution is -2.43. The number of amides is 1. The van der Waals surface area contributed by atoms with E-state index in [1.807, 2.05) is 42.5 Å². The number of carbonyl (C=O) groups is 2. The molecule has 144 valence electrons. The van der Waals surface area contributed by atoms with Crippen LogP contribution >= 0.6 is 11.6 Å². The van der Waals surface area contributed by atoms with E-state index in [9.17, 15) is 9.59 Å². The highest BCUT2D eigenvalue weighted by molar-refractivity contribution is 6.30. The predicted molar refractivity (Wildman–Crippen MR) is 107 cm³/mol. The standard InChI is InChI=1S/C21H20ClN3O3/c1-25-19(13-17(24-25)15-9-6-10-16(22)12-15)20(26)23-18(21(27)28-2)11-14-7-4-3-5-8-14/h3-10,12-13,18H,11H2,1-2H3,(H,23,26)/t18-/m0/s1. The van der Waals surface area contributed by atoms with E-state index in [0.29, 0.717) is 22.8 Å². The third-order valence-corrected chi connectivity index (χ3v) is 4.54. The van der Waals surface area contributed by atoms with Crippen LogP contribution < -0.4 is 5.32 Å². The van der Waals surface area contributed by atoms with E-state index in [4.69, 9.17) is 16.3 Å². The van der Waals surface area contributed by atoms with Gasteiger partial charge in [-0.05, 0) is 23.8 Å². The molecule has 1 N–H and O–H groups in total. The summed E-state index contributed by atoms with van der Waals surface area (Å²) in [5.41, 5.74) is 2.67. The molecule has 0 fully saturated rings. The first kappa shape index (κ1) is 19.6. The van der Waals surface area contributed by atoms with Crippen LogP contribution in [0.3, 0.4) is 0 Å². The van der Waals surface area contributed by atoms with Crippen LogP contribution in [0.15, 0.2) is 60.7 Å². The van der Waals surface area contributed by atoms with Gasteiger partial charge in [0.15, 0.2) is 0 Å². The number of esters is 1. The molecule has 0 saturated heterocycles. The number of methoxy groups -OCH3 is 1. The van der Waals surface area contributed by atoms with Crippen molar-refractivity contribution in [2.45, 2.75) is 12.5 Å².